The van der Waals surface area contributed by atoms with E-state index in [0.29, 0.717) is 68.9 Å². The van der Waals surface area contributed by atoms with E-state index in [0.717, 1.165) is 77.0 Å². The number of amides is 3. The average Bonchev–Trinajstić information content (AvgIpc) is 3.60. The maximum atomic E-state index is 13.2. The van der Waals surface area contributed by atoms with Crippen LogP contribution in [-0.2, 0) is 46.5 Å². The van der Waals surface area contributed by atoms with Crippen molar-refractivity contribution in [3.63, 3.8) is 0 Å². The standard InChI is InChI=1S/C47H84N6O8/c1-11-12-13-18-25-37(54)26-19-14-15-20-27-38(55)28-21-16-17-22-30-41(56)48-34-36-35-53(52-51-36)33-24-23-29-40(45(2,3)4)50-44(59)49-39(43(58)61-47(8,9)10)31-32-42(57)60-46(5,6)7/h35,39-40H,11-34H2,1-10H3,(H,48,56)(H2,49,50,59)/t39-,40-/m0/s1. The molecular weight excluding hydrogens is 777 g/mol. The molecule has 0 saturated heterocycles. The van der Waals surface area contributed by atoms with Crippen LogP contribution in [0.2, 0.25) is 0 Å². The lowest BCUT2D eigenvalue weighted by Crippen LogP contribution is -2.53. The molecule has 0 aliphatic heterocycles. The molecule has 0 aliphatic carbocycles. The zero-order valence-electron chi connectivity index (χ0n) is 39.8. The minimum absolute atomic E-state index is 0.0333. The zero-order valence-corrected chi connectivity index (χ0v) is 39.8. The van der Waals surface area contributed by atoms with Crippen molar-refractivity contribution in [3.05, 3.63) is 11.9 Å². The number of Topliss-reactive ketones (excluding diaryl/α,β-unsaturated/α-hetero) is 2. The monoisotopic (exact) mass is 861 g/mol. The Morgan fingerprint density at radius 1 is 0.623 bits per heavy atom. The van der Waals surface area contributed by atoms with Crippen molar-refractivity contribution in [2.75, 3.05) is 0 Å². The number of esters is 2. The number of carbonyl (C=O) groups is 6. The van der Waals surface area contributed by atoms with Crippen LogP contribution in [0.3, 0.4) is 0 Å². The molecule has 2 atom stereocenters. The highest BCUT2D eigenvalue weighted by molar-refractivity contribution is 5.84. The summed E-state index contributed by atoms with van der Waals surface area (Å²) in [5, 5.41) is 17.1. The molecule has 350 valence electrons. The number of unbranched alkanes of at least 4 members (excludes halogenated alkanes) is 10. The summed E-state index contributed by atoms with van der Waals surface area (Å²) in [6.07, 6.45) is 19.0. The van der Waals surface area contributed by atoms with E-state index in [9.17, 15) is 28.8 Å². The molecule has 1 aromatic rings. The van der Waals surface area contributed by atoms with Crippen LogP contribution in [0.15, 0.2) is 6.20 Å². The summed E-state index contributed by atoms with van der Waals surface area (Å²) in [7, 11) is 0. The molecule has 0 radical (unpaired) electrons. The number of rotatable bonds is 32. The van der Waals surface area contributed by atoms with Crippen molar-refractivity contribution in [1.29, 1.82) is 0 Å². The van der Waals surface area contributed by atoms with E-state index < -0.39 is 35.2 Å². The van der Waals surface area contributed by atoms with Gasteiger partial charge in [0.1, 0.15) is 34.5 Å². The fourth-order valence-corrected chi connectivity index (χ4v) is 6.74. The largest absolute Gasteiger partial charge is 0.460 e. The van der Waals surface area contributed by atoms with Crippen molar-refractivity contribution < 1.29 is 38.2 Å². The molecule has 1 rings (SSSR count). The number of hydrogen-bond donors (Lipinski definition) is 3. The van der Waals surface area contributed by atoms with Crippen LogP contribution >= 0.6 is 0 Å². The van der Waals surface area contributed by atoms with E-state index in [1.165, 1.54) is 12.8 Å². The molecule has 0 bridgehead atoms. The topological polar surface area (TPSA) is 188 Å². The molecule has 3 amide bonds. The first kappa shape index (κ1) is 55.2. The smallest absolute Gasteiger partial charge is 0.329 e. The predicted molar refractivity (Wildman–Crippen MR) is 240 cm³/mol. The second-order valence-electron chi connectivity index (χ2n) is 19.7. The molecule has 14 heteroatoms. The van der Waals surface area contributed by atoms with E-state index in [1.54, 1.807) is 46.2 Å². The lowest BCUT2D eigenvalue weighted by atomic mass is 9.84. The third-order valence-electron chi connectivity index (χ3n) is 10.2. The van der Waals surface area contributed by atoms with Gasteiger partial charge < -0.3 is 25.4 Å². The Bertz CT molecular complexity index is 1460. The van der Waals surface area contributed by atoms with E-state index in [2.05, 4.69) is 33.2 Å². The first-order valence-electron chi connectivity index (χ1n) is 23.3. The normalized spacial score (nSPS) is 13.0. The highest BCUT2D eigenvalue weighted by atomic mass is 16.6. The third-order valence-corrected chi connectivity index (χ3v) is 10.2. The first-order chi connectivity index (χ1) is 28.6. The van der Waals surface area contributed by atoms with Gasteiger partial charge in [-0.1, -0.05) is 77.9 Å². The van der Waals surface area contributed by atoms with Gasteiger partial charge in [-0.05, 0) is 105 Å². The van der Waals surface area contributed by atoms with Gasteiger partial charge in [-0.15, -0.1) is 5.10 Å². The van der Waals surface area contributed by atoms with Crippen molar-refractivity contribution >= 4 is 35.4 Å². The molecular formula is C47H84N6O8. The van der Waals surface area contributed by atoms with Crippen LogP contribution in [0.5, 0.6) is 0 Å². The molecule has 1 aromatic heterocycles. The quantitative estimate of drug-likeness (QED) is 0.0465. The Hall–Kier alpha value is -3.84. The summed E-state index contributed by atoms with van der Waals surface area (Å²) in [5.74, 6) is -0.419. The van der Waals surface area contributed by atoms with E-state index in [1.807, 2.05) is 27.0 Å². The summed E-state index contributed by atoms with van der Waals surface area (Å²) in [5.41, 5.74) is -1.03. The lowest BCUT2D eigenvalue weighted by Gasteiger charge is -2.32. The van der Waals surface area contributed by atoms with Gasteiger partial charge in [-0.3, -0.25) is 23.9 Å². The van der Waals surface area contributed by atoms with Gasteiger partial charge in [0.05, 0.1) is 12.7 Å². The van der Waals surface area contributed by atoms with E-state index in [4.69, 9.17) is 9.47 Å². The van der Waals surface area contributed by atoms with Crippen molar-refractivity contribution in [1.82, 2.24) is 30.9 Å². The molecule has 3 N–H and O–H groups in total. The van der Waals surface area contributed by atoms with Crippen LogP contribution in [0.25, 0.3) is 0 Å². The molecule has 0 aromatic carbocycles. The van der Waals surface area contributed by atoms with Gasteiger partial charge in [0, 0.05) is 51.1 Å². The average molecular weight is 861 g/mol. The summed E-state index contributed by atoms with van der Waals surface area (Å²) >= 11 is 0. The minimum atomic E-state index is -1.03. The lowest BCUT2D eigenvalue weighted by molar-refractivity contribution is -0.158. The van der Waals surface area contributed by atoms with Gasteiger partial charge in [0.2, 0.25) is 5.91 Å². The molecule has 0 fully saturated rings. The Kier molecular flexibility index (Phi) is 26.6. The fourth-order valence-electron chi connectivity index (χ4n) is 6.74. The fraction of sp³-hybridized carbons (Fsp3) is 0.830. The Labute approximate surface area is 367 Å². The highest BCUT2D eigenvalue weighted by Crippen LogP contribution is 2.24. The number of nitrogens with zero attached hydrogens (tertiary/aromatic N) is 3. The first-order valence-corrected chi connectivity index (χ1v) is 23.3. The van der Waals surface area contributed by atoms with Gasteiger partial charge in [-0.25, -0.2) is 9.59 Å². The predicted octanol–water partition coefficient (Wildman–Crippen LogP) is 9.40. The Morgan fingerprint density at radius 3 is 1.66 bits per heavy atom. The summed E-state index contributed by atoms with van der Waals surface area (Å²) < 4.78 is 12.7. The van der Waals surface area contributed by atoms with E-state index >= 15 is 0 Å². The number of nitrogens with one attached hydrogen (secondary N) is 3. The number of hydrogen-bond acceptors (Lipinski definition) is 10. The third kappa shape index (κ3) is 30.0. The van der Waals surface area contributed by atoms with Crippen molar-refractivity contribution in [3.8, 4) is 0 Å². The summed E-state index contributed by atoms with van der Waals surface area (Å²) in [6, 6.07) is -1.75. The van der Waals surface area contributed by atoms with Crippen LogP contribution in [0.1, 0.15) is 216 Å². The number of urea groups is 1. The Morgan fingerprint density at radius 2 is 1.15 bits per heavy atom. The molecule has 0 spiro atoms. The van der Waals surface area contributed by atoms with Gasteiger partial charge >= 0.3 is 18.0 Å². The molecule has 1 heterocycles. The minimum Gasteiger partial charge on any atom is -0.460 e. The maximum Gasteiger partial charge on any atom is 0.329 e. The van der Waals surface area contributed by atoms with Crippen molar-refractivity contribution in [2.24, 2.45) is 5.41 Å². The van der Waals surface area contributed by atoms with Crippen LogP contribution in [-0.4, -0.2) is 73.7 Å². The van der Waals surface area contributed by atoms with Gasteiger partial charge in [-0.2, -0.15) is 0 Å². The summed E-state index contributed by atoms with van der Waals surface area (Å²) in [4.78, 5) is 75.2. The maximum absolute atomic E-state index is 13.2. The van der Waals surface area contributed by atoms with Crippen LogP contribution < -0.4 is 16.0 Å². The molecule has 0 unspecified atom stereocenters. The number of carbonyl (C=O) groups excluding carboxylic acids is 6. The molecule has 0 aliphatic rings. The molecule has 0 saturated carbocycles. The molecule has 14 nitrogen and oxygen atoms in total. The molecule has 61 heavy (non-hydrogen) atoms. The van der Waals surface area contributed by atoms with Crippen molar-refractivity contribution in [2.45, 2.75) is 247 Å². The number of aryl methyl sites for hydroxylation is 1. The summed E-state index contributed by atoms with van der Waals surface area (Å²) in [6.45, 7) is 19.8. The number of aromatic nitrogens is 3. The number of ketones is 2. The van der Waals surface area contributed by atoms with Gasteiger partial charge in [0.15, 0.2) is 0 Å². The zero-order chi connectivity index (χ0) is 45.9. The van der Waals surface area contributed by atoms with Crippen LogP contribution in [0, 0.1) is 5.41 Å². The highest BCUT2D eigenvalue weighted by Gasteiger charge is 2.31. The van der Waals surface area contributed by atoms with E-state index in [-0.39, 0.29) is 30.2 Å². The second-order valence-corrected chi connectivity index (χ2v) is 19.7. The van der Waals surface area contributed by atoms with Crippen LogP contribution in [0.4, 0.5) is 4.79 Å². The SMILES string of the molecule is CCCCCCC(=O)CCCCCCC(=O)CCCCCCC(=O)NCc1cn(CCCC[C@H](NC(=O)N[C@@H](CCC(=O)OC(C)(C)C)C(=O)OC(C)(C)C)C(C)(C)C)nn1. The van der Waals surface area contributed by atoms with Gasteiger partial charge in [0.25, 0.3) is 0 Å². The number of ether oxygens (including phenoxy) is 2. The second kappa shape index (κ2) is 29.5. The Balaban J connectivity index is 2.34.